The number of hydrogen-bond donors (Lipinski definition) is 3. The summed E-state index contributed by atoms with van der Waals surface area (Å²) < 4.78 is 19.3. The fourth-order valence-corrected chi connectivity index (χ4v) is 2.98. The Labute approximate surface area is 181 Å². The summed E-state index contributed by atoms with van der Waals surface area (Å²) in [5, 5.41) is 9.12. The Morgan fingerprint density at radius 2 is 1.96 bits per heavy atom. The first-order valence-corrected chi connectivity index (χ1v) is 9.19. The smallest absolute Gasteiger partial charge is 0.242 e. The molecule has 8 heteroatoms. The molecule has 1 fully saturated rings. The molecule has 1 saturated carbocycles. The third-order valence-electron chi connectivity index (χ3n) is 4.66. The number of halogens is 2. The highest BCUT2D eigenvalue weighted by molar-refractivity contribution is 14.0. The van der Waals surface area contributed by atoms with Crippen LogP contribution in [-0.4, -0.2) is 31.5 Å². The normalized spacial score (nSPS) is 14.7. The number of benzene rings is 1. The van der Waals surface area contributed by atoms with E-state index in [2.05, 4.69) is 20.9 Å². The molecule has 2 aromatic rings. The van der Waals surface area contributed by atoms with Crippen LogP contribution < -0.4 is 16.0 Å². The number of carbonyl (C=O) groups excluding carboxylic acids is 1. The number of hydrogen-bond acceptors (Lipinski definition) is 3. The van der Waals surface area contributed by atoms with Gasteiger partial charge in [0.15, 0.2) is 5.96 Å². The van der Waals surface area contributed by atoms with Crippen LogP contribution in [0.15, 0.2) is 52.1 Å². The van der Waals surface area contributed by atoms with Crippen LogP contribution in [0, 0.1) is 5.82 Å². The summed E-state index contributed by atoms with van der Waals surface area (Å²) in [5.74, 6) is 0.876. The van der Waals surface area contributed by atoms with Crippen molar-refractivity contribution in [1.29, 1.82) is 0 Å². The zero-order chi connectivity index (χ0) is 19.1. The molecule has 28 heavy (non-hydrogen) atoms. The summed E-state index contributed by atoms with van der Waals surface area (Å²) >= 11 is 0. The summed E-state index contributed by atoms with van der Waals surface area (Å²) in [4.78, 5) is 16.3. The SMILES string of the molecule is CCNC(=NCC(=O)NCc1ccco1)NCC1(c2ccccc2F)CC1.I. The van der Waals surface area contributed by atoms with Gasteiger partial charge in [-0.05, 0) is 43.5 Å². The van der Waals surface area contributed by atoms with Crippen molar-refractivity contribution in [3.05, 3.63) is 59.8 Å². The first kappa shape index (κ1) is 22.2. The molecule has 6 nitrogen and oxygen atoms in total. The molecule has 0 aliphatic heterocycles. The topological polar surface area (TPSA) is 78.7 Å². The molecule has 3 N–H and O–H groups in total. The Hall–Kier alpha value is -2.10. The van der Waals surface area contributed by atoms with Gasteiger partial charge in [0.25, 0.3) is 0 Å². The minimum atomic E-state index is -0.196. The lowest BCUT2D eigenvalue weighted by Crippen LogP contribution is -2.42. The molecule has 0 saturated heterocycles. The molecule has 1 aromatic carbocycles. The summed E-state index contributed by atoms with van der Waals surface area (Å²) in [7, 11) is 0. The molecule has 1 aliphatic carbocycles. The van der Waals surface area contributed by atoms with Crippen LogP contribution in [0.2, 0.25) is 0 Å². The fraction of sp³-hybridized carbons (Fsp3) is 0.400. The lowest BCUT2D eigenvalue weighted by molar-refractivity contribution is -0.119. The first-order chi connectivity index (χ1) is 13.1. The van der Waals surface area contributed by atoms with E-state index in [1.54, 1.807) is 24.5 Å². The summed E-state index contributed by atoms with van der Waals surface area (Å²) in [5.41, 5.74) is 0.549. The third-order valence-corrected chi connectivity index (χ3v) is 4.66. The minimum absolute atomic E-state index is 0. The van der Waals surface area contributed by atoms with Crippen molar-refractivity contribution in [2.75, 3.05) is 19.6 Å². The Morgan fingerprint density at radius 1 is 1.18 bits per heavy atom. The van der Waals surface area contributed by atoms with Crippen molar-refractivity contribution in [1.82, 2.24) is 16.0 Å². The van der Waals surface area contributed by atoms with Gasteiger partial charge in [0.05, 0.1) is 12.8 Å². The number of nitrogens with one attached hydrogen (secondary N) is 3. The van der Waals surface area contributed by atoms with Crippen LogP contribution in [0.25, 0.3) is 0 Å². The molecule has 1 aliphatic rings. The second-order valence-electron chi connectivity index (χ2n) is 6.66. The van der Waals surface area contributed by atoms with Gasteiger partial charge < -0.3 is 20.4 Å². The van der Waals surface area contributed by atoms with Crippen LogP contribution in [0.3, 0.4) is 0 Å². The van der Waals surface area contributed by atoms with E-state index >= 15 is 0 Å². The van der Waals surface area contributed by atoms with Gasteiger partial charge in [-0.15, -0.1) is 24.0 Å². The number of aliphatic imine (C=N–C) groups is 1. The number of guanidine groups is 1. The number of carbonyl (C=O) groups is 1. The highest BCUT2D eigenvalue weighted by atomic mass is 127. The maximum absolute atomic E-state index is 14.1. The second-order valence-corrected chi connectivity index (χ2v) is 6.66. The average Bonchev–Trinajstić information content (AvgIpc) is 3.27. The van der Waals surface area contributed by atoms with E-state index in [-0.39, 0.29) is 47.7 Å². The largest absolute Gasteiger partial charge is 0.467 e. The lowest BCUT2D eigenvalue weighted by Gasteiger charge is -2.19. The second kappa shape index (κ2) is 10.4. The third kappa shape index (κ3) is 5.95. The first-order valence-electron chi connectivity index (χ1n) is 9.19. The standard InChI is InChI=1S/C20H25FN4O2.HI/c1-2-22-19(24-13-18(26)23-12-15-6-5-11-27-15)25-14-20(9-10-20)16-7-3-4-8-17(16)21;/h3-8,11H,2,9-10,12-14H2,1H3,(H,23,26)(H2,22,24,25);1H. The summed E-state index contributed by atoms with van der Waals surface area (Å²) in [6, 6.07) is 10.5. The maximum atomic E-state index is 14.1. The minimum Gasteiger partial charge on any atom is -0.467 e. The number of furan rings is 1. The molecule has 3 rings (SSSR count). The van der Waals surface area contributed by atoms with Crippen molar-refractivity contribution >= 4 is 35.8 Å². The van der Waals surface area contributed by atoms with Crippen molar-refractivity contribution in [3.63, 3.8) is 0 Å². The van der Waals surface area contributed by atoms with E-state index in [1.807, 2.05) is 19.1 Å². The molecule has 1 amide bonds. The number of rotatable bonds is 8. The van der Waals surface area contributed by atoms with Gasteiger partial charge in [0, 0.05) is 18.5 Å². The van der Waals surface area contributed by atoms with Gasteiger partial charge >= 0.3 is 0 Å². The predicted octanol–water partition coefficient (Wildman–Crippen LogP) is 2.94. The monoisotopic (exact) mass is 500 g/mol. The van der Waals surface area contributed by atoms with Crippen LogP contribution in [0.1, 0.15) is 31.1 Å². The van der Waals surface area contributed by atoms with Crippen LogP contribution in [0.4, 0.5) is 4.39 Å². The highest BCUT2D eigenvalue weighted by Gasteiger charge is 2.45. The van der Waals surface area contributed by atoms with Crippen molar-refractivity contribution in [3.8, 4) is 0 Å². The van der Waals surface area contributed by atoms with E-state index in [0.29, 0.717) is 31.4 Å². The van der Waals surface area contributed by atoms with Crippen molar-refractivity contribution in [2.45, 2.75) is 31.7 Å². The van der Waals surface area contributed by atoms with E-state index in [0.717, 1.165) is 18.4 Å². The molecule has 152 valence electrons. The zero-order valence-corrected chi connectivity index (χ0v) is 18.2. The molecule has 0 radical (unpaired) electrons. The van der Waals surface area contributed by atoms with Crippen LogP contribution >= 0.6 is 24.0 Å². The molecule has 0 spiro atoms. The summed E-state index contributed by atoms with van der Waals surface area (Å²) in [6.07, 6.45) is 3.43. The molecule has 0 unspecified atom stereocenters. The average molecular weight is 500 g/mol. The van der Waals surface area contributed by atoms with Gasteiger partial charge in [0.1, 0.15) is 18.1 Å². The van der Waals surface area contributed by atoms with Crippen molar-refractivity contribution < 1.29 is 13.6 Å². The van der Waals surface area contributed by atoms with Gasteiger partial charge in [-0.25, -0.2) is 9.38 Å². The predicted molar refractivity (Wildman–Crippen MR) is 117 cm³/mol. The van der Waals surface area contributed by atoms with Crippen molar-refractivity contribution in [2.24, 2.45) is 4.99 Å². The Morgan fingerprint density at radius 3 is 2.61 bits per heavy atom. The maximum Gasteiger partial charge on any atom is 0.242 e. The molecular formula is C20H26FIN4O2. The van der Waals surface area contributed by atoms with Crippen LogP contribution in [-0.2, 0) is 16.8 Å². The molecule has 0 atom stereocenters. The lowest BCUT2D eigenvalue weighted by atomic mass is 9.95. The Bertz CT molecular complexity index is 791. The summed E-state index contributed by atoms with van der Waals surface area (Å²) in [6.45, 7) is 3.54. The van der Waals surface area contributed by atoms with Gasteiger partial charge in [-0.2, -0.15) is 0 Å². The zero-order valence-electron chi connectivity index (χ0n) is 15.8. The van der Waals surface area contributed by atoms with E-state index in [1.165, 1.54) is 6.07 Å². The Balaban J connectivity index is 0.00000280. The van der Waals surface area contributed by atoms with Gasteiger partial charge in [-0.1, -0.05) is 18.2 Å². The van der Waals surface area contributed by atoms with E-state index < -0.39 is 0 Å². The number of amides is 1. The molecule has 1 aromatic heterocycles. The van der Waals surface area contributed by atoms with Gasteiger partial charge in [-0.3, -0.25) is 4.79 Å². The fourth-order valence-electron chi connectivity index (χ4n) is 2.98. The Kier molecular flexibility index (Phi) is 8.28. The van der Waals surface area contributed by atoms with E-state index in [9.17, 15) is 9.18 Å². The highest BCUT2D eigenvalue weighted by Crippen LogP contribution is 2.48. The number of nitrogens with zero attached hydrogens (tertiary/aromatic N) is 1. The molecule has 0 bridgehead atoms. The quantitative estimate of drug-likeness (QED) is 0.296. The van der Waals surface area contributed by atoms with Gasteiger partial charge in [0.2, 0.25) is 5.91 Å². The molecular weight excluding hydrogens is 474 g/mol. The molecule has 1 heterocycles. The van der Waals surface area contributed by atoms with E-state index in [4.69, 9.17) is 4.42 Å². The van der Waals surface area contributed by atoms with Crippen LogP contribution in [0.5, 0.6) is 0 Å².